The number of carbonyl (C=O) groups is 1. The van der Waals surface area contributed by atoms with Gasteiger partial charge in [-0.25, -0.2) is 8.78 Å². The van der Waals surface area contributed by atoms with Gasteiger partial charge in [-0.15, -0.1) is 0 Å². The lowest BCUT2D eigenvalue weighted by Gasteiger charge is -2.05. The Morgan fingerprint density at radius 3 is 2.68 bits per heavy atom. The van der Waals surface area contributed by atoms with E-state index in [9.17, 15) is 13.6 Å². The number of hydrogen-bond acceptors (Lipinski definition) is 5. The van der Waals surface area contributed by atoms with Crippen molar-refractivity contribution in [1.29, 1.82) is 0 Å². The van der Waals surface area contributed by atoms with E-state index in [4.69, 9.17) is 8.94 Å². The molecular formula is C17H15F2N3O3. The van der Waals surface area contributed by atoms with Crippen LogP contribution in [0.25, 0.3) is 11.6 Å². The Kier molecular flexibility index (Phi) is 5.17. The van der Waals surface area contributed by atoms with E-state index >= 15 is 0 Å². The average Bonchev–Trinajstić information content (AvgIpc) is 3.23. The maximum Gasteiger partial charge on any atom is 0.238 e. The van der Waals surface area contributed by atoms with Gasteiger partial charge in [0.05, 0.1) is 6.26 Å². The second-order valence-electron chi connectivity index (χ2n) is 5.37. The molecule has 0 bridgehead atoms. The number of rotatable bonds is 7. The van der Waals surface area contributed by atoms with Gasteiger partial charge in [-0.3, -0.25) is 4.79 Å². The number of furan rings is 1. The molecule has 0 aliphatic carbocycles. The van der Waals surface area contributed by atoms with Crippen LogP contribution in [-0.2, 0) is 17.6 Å². The first-order chi connectivity index (χ1) is 12.1. The number of amides is 1. The molecule has 0 unspecified atom stereocenters. The summed E-state index contributed by atoms with van der Waals surface area (Å²) in [4.78, 5) is 15.9. The summed E-state index contributed by atoms with van der Waals surface area (Å²) in [5, 5.41) is 6.45. The molecule has 25 heavy (non-hydrogen) atoms. The van der Waals surface area contributed by atoms with Crippen LogP contribution >= 0.6 is 0 Å². The van der Waals surface area contributed by atoms with E-state index < -0.39 is 11.6 Å². The first-order valence-electron chi connectivity index (χ1n) is 7.68. The maximum absolute atomic E-state index is 13.1. The highest BCUT2D eigenvalue weighted by atomic mass is 19.1. The fourth-order valence-electron chi connectivity index (χ4n) is 2.27. The highest BCUT2D eigenvalue weighted by Gasteiger charge is 2.12. The van der Waals surface area contributed by atoms with E-state index in [1.165, 1.54) is 18.4 Å². The fourth-order valence-corrected chi connectivity index (χ4v) is 2.27. The summed E-state index contributed by atoms with van der Waals surface area (Å²) < 4.78 is 36.3. The van der Waals surface area contributed by atoms with Gasteiger partial charge in [-0.1, -0.05) is 5.16 Å². The minimum atomic E-state index is -0.634. The SMILES string of the molecule is O=C(CCc1nc(-c2ccco2)no1)NCCc1cc(F)cc(F)c1. The number of aryl methyl sites for hydroxylation is 1. The Morgan fingerprint density at radius 2 is 1.96 bits per heavy atom. The number of hydrogen-bond donors (Lipinski definition) is 1. The lowest BCUT2D eigenvalue weighted by Crippen LogP contribution is -2.26. The number of nitrogens with one attached hydrogen (secondary N) is 1. The molecule has 0 saturated carbocycles. The zero-order chi connectivity index (χ0) is 17.6. The highest BCUT2D eigenvalue weighted by Crippen LogP contribution is 2.16. The molecule has 0 aliphatic rings. The molecule has 3 aromatic rings. The maximum atomic E-state index is 13.1. The van der Waals surface area contributed by atoms with Crippen LogP contribution in [0.5, 0.6) is 0 Å². The third-order valence-electron chi connectivity index (χ3n) is 3.43. The molecular weight excluding hydrogens is 332 g/mol. The van der Waals surface area contributed by atoms with E-state index in [1.807, 2.05) is 0 Å². The molecule has 6 nitrogen and oxygen atoms in total. The van der Waals surface area contributed by atoms with Gasteiger partial charge >= 0.3 is 0 Å². The van der Waals surface area contributed by atoms with Crippen LogP contribution in [0.15, 0.2) is 45.5 Å². The van der Waals surface area contributed by atoms with E-state index in [-0.39, 0.29) is 25.3 Å². The van der Waals surface area contributed by atoms with Crippen molar-refractivity contribution in [1.82, 2.24) is 15.5 Å². The zero-order valence-corrected chi connectivity index (χ0v) is 13.2. The molecule has 1 N–H and O–H groups in total. The van der Waals surface area contributed by atoms with Crippen LogP contribution in [0, 0.1) is 11.6 Å². The fraction of sp³-hybridized carbons (Fsp3) is 0.235. The Bertz CT molecular complexity index is 826. The van der Waals surface area contributed by atoms with Crippen LogP contribution < -0.4 is 5.32 Å². The van der Waals surface area contributed by atoms with E-state index in [0.29, 0.717) is 29.5 Å². The summed E-state index contributed by atoms with van der Waals surface area (Å²) >= 11 is 0. The summed E-state index contributed by atoms with van der Waals surface area (Å²) in [6.07, 6.45) is 2.29. The minimum absolute atomic E-state index is 0.164. The molecule has 0 spiro atoms. The molecule has 1 amide bonds. The normalized spacial score (nSPS) is 10.8. The molecule has 0 atom stereocenters. The topological polar surface area (TPSA) is 81.2 Å². The van der Waals surface area contributed by atoms with E-state index in [1.54, 1.807) is 12.1 Å². The van der Waals surface area contributed by atoms with E-state index in [2.05, 4.69) is 15.5 Å². The highest BCUT2D eigenvalue weighted by molar-refractivity contribution is 5.76. The largest absolute Gasteiger partial charge is 0.461 e. The Hall–Kier alpha value is -3.03. The second-order valence-corrected chi connectivity index (χ2v) is 5.37. The lowest BCUT2D eigenvalue weighted by molar-refractivity contribution is -0.121. The van der Waals surface area contributed by atoms with Crippen LogP contribution in [0.2, 0.25) is 0 Å². The smallest absolute Gasteiger partial charge is 0.238 e. The van der Waals surface area contributed by atoms with Crippen molar-refractivity contribution in [3.8, 4) is 11.6 Å². The molecule has 2 aromatic heterocycles. The van der Waals surface area contributed by atoms with Crippen LogP contribution in [0.1, 0.15) is 17.9 Å². The zero-order valence-electron chi connectivity index (χ0n) is 13.2. The molecule has 0 saturated heterocycles. The minimum Gasteiger partial charge on any atom is -0.461 e. The lowest BCUT2D eigenvalue weighted by atomic mass is 10.1. The van der Waals surface area contributed by atoms with Gasteiger partial charge < -0.3 is 14.3 Å². The summed E-state index contributed by atoms with van der Waals surface area (Å²) in [5.74, 6) is -0.339. The van der Waals surface area contributed by atoms with Gasteiger partial charge in [0.15, 0.2) is 5.76 Å². The van der Waals surface area contributed by atoms with Gasteiger partial charge in [-0.05, 0) is 36.2 Å². The second kappa shape index (κ2) is 7.69. The van der Waals surface area contributed by atoms with Crippen molar-refractivity contribution < 1.29 is 22.5 Å². The molecule has 8 heteroatoms. The number of aromatic nitrogens is 2. The van der Waals surface area contributed by atoms with Crippen molar-refractivity contribution in [2.75, 3.05) is 6.54 Å². The molecule has 0 aliphatic heterocycles. The molecule has 0 radical (unpaired) electrons. The van der Waals surface area contributed by atoms with Crippen molar-refractivity contribution in [2.24, 2.45) is 0 Å². The number of halogens is 2. The summed E-state index contributed by atoms with van der Waals surface area (Å²) in [7, 11) is 0. The molecule has 0 fully saturated rings. The van der Waals surface area contributed by atoms with Crippen LogP contribution in [0.3, 0.4) is 0 Å². The first kappa shape index (κ1) is 16.8. The van der Waals surface area contributed by atoms with Gasteiger partial charge in [0.1, 0.15) is 11.6 Å². The van der Waals surface area contributed by atoms with Crippen molar-refractivity contribution in [3.05, 3.63) is 59.7 Å². The summed E-state index contributed by atoms with van der Waals surface area (Å²) in [6, 6.07) is 6.71. The van der Waals surface area contributed by atoms with Gasteiger partial charge in [0.2, 0.25) is 17.6 Å². The Labute approximate surface area is 141 Å². The summed E-state index contributed by atoms with van der Waals surface area (Å²) in [6.45, 7) is 0.281. The number of benzene rings is 1. The van der Waals surface area contributed by atoms with Gasteiger partial charge in [0.25, 0.3) is 0 Å². The third kappa shape index (κ3) is 4.72. The van der Waals surface area contributed by atoms with Gasteiger partial charge in [0, 0.05) is 25.5 Å². The third-order valence-corrected chi connectivity index (χ3v) is 3.43. The molecule has 2 heterocycles. The average molecular weight is 347 g/mol. The predicted molar refractivity (Wildman–Crippen MR) is 83.4 cm³/mol. The molecule has 130 valence electrons. The molecule has 3 rings (SSSR count). The predicted octanol–water partition coefficient (Wildman–Crippen LogP) is 2.90. The number of nitrogens with zero attached hydrogens (tertiary/aromatic N) is 2. The number of carbonyl (C=O) groups excluding carboxylic acids is 1. The van der Waals surface area contributed by atoms with Crippen molar-refractivity contribution >= 4 is 5.91 Å². The summed E-state index contributed by atoms with van der Waals surface area (Å²) in [5.41, 5.74) is 0.484. The van der Waals surface area contributed by atoms with Gasteiger partial charge in [-0.2, -0.15) is 4.98 Å². The monoisotopic (exact) mass is 347 g/mol. The van der Waals surface area contributed by atoms with Crippen LogP contribution in [0.4, 0.5) is 8.78 Å². The van der Waals surface area contributed by atoms with Crippen LogP contribution in [-0.4, -0.2) is 22.6 Å². The van der Waals surface area contributed by atoms with Crippen molar-refractivity contribution in [3.63, 3.8) is 0 Å². The van der Waals surface area contributed by atoms with E-state index in [0.717, 1.165) is 6.07 Å². The standard InChI is InChI=1S/C17H15F2N3O3/c18-12-8-11(9-13(19)10-12)5-6-20-15(23)3-4-16-21-17(22-25-16)14-2-1-7-24-14/h1-2,7-10H,3-6H2,(H,20,23). The Balaban J connectivity index is 1.42. The first-order valence-corrected chi connectivity index (χ1v) is 7.68. The quantitative estimate of drug-likeness (QED) is 0.711. The Morgan fingerprint density at radius 1 is 1.16 bits per heavy atom. The molecule has 1 aromatic carbocycles. The van der Waals surface area contributed by atoms with Crippen molar-refractivity contribution in [2.45, 2.75) is 19.3 Å².